The highest BCUT2D eigenvalue weighted by atomic mass is 79.9. The Morgan fingerprint density at radius 2 is 2.00 bits per heavy atom. The van der Waals surface area contributed by atoms with E-state index >= 15 is 0 Å². The van der Waals surface area contributed by atoms with E-state index in [2.05, 4.69) is 15.9 Å². The van der Waals surface area contributed by atoms with Crippen LogP contribution in [0.15, 0.2) is 22.7 Å². The number of alkyl halides is 2. The van der Waals surface area contributed by atoms with E-state index in [-0.39, 0.29) is 12.4 Å². The Bertz CT molecular complexity index is 325. The van der Waals surface area contributed by atoms with Crippen LogP contribution in [-0.4, -0.2) is 13.5 Å². The fourth-order valence-electron chi connectivity index (χ4n) is 1.04. The molecule has 15 heavy (non-hydrogen) atoms. The van der Waals surface area contributed by atoms with Gasteiger partial charge in [0.25, 0.3) is 6.43 Å². The molecular formula is C9H11BrClF2NO. The van der Waals surface area contributed by atoms with Gasteiger partial charge in [0.15, 0.2) is 0 Å². The van der Waals surface area contributed by atoms with E-state index < -0.39 is 12.5 Å². The minimum absolute atomic E-state index is 0. The fraction of sp³-hybridized carbons (Fsp3) is 0.333. The first-order chi connectivity index (χ1) is 6.56. The third-order valence-electron chi connectivity index (χ3n) is 1.83. The molecule has 0 aliphatic rings. The van der Waals surface area contributed by atoms with Crippen LogP contribution in [0.2, 0.25) is 0 Å². The Morgan fingerprint density at radius 3 is 2.47 bits per heavy atom. The van der Waals surface area contributed by atoms with Crippen LogP contribution in [0.5, 0.6) is 5.75 Å². The number of hydrogen-bond acceptors (Lipinski definition) is 2. The van der Waals surface area contributed by atoms with Gasteiger partial charge in [-0.1, -0.05) is 15.9 Å². The summed E-state index contributed by atoms with van der Waals surface area (Å²) in [6.45, 7) is 0. The first kappa shape index (κ1) is 14.6. The maximum absolute atomic E-state index is 12.3. The summed E-state index contributed by atoms with van der Waals surface area (Å²) in [7, 11) is 1.47. The van der Waals surface area contributed by atoms with E-state index in [4.69, 9.17) is 10.5 Å². The van der Waals surface area contributed by atoms with Crippen LogP contribution in [0.3, 0.4) is 0 Å². The summed E-state index contributed by atoms with van der Waals surface area (Å²) in [5.41, 5.74) is 5.67. The van der Waals surface area contributed by atoms with Crippen LogP contribution in [0, 0.1) is 0 Å². The number of benzene rings is 1. The van der Waals surface area contributed by atoms with Crippen LogP contribution in [-0.2, 0) is 0 Å². The molecule has 0 unspecified atom stereocenters. The van der Waals surface area contributed by atoms with Crippen LogP contribution in [0.4, 0.5) is 8.78 Å². The molecule has 0 heterocycles. The number of ether oxygens (including phenoxy) is 1. The molecule has 0 aliphatic carbocycles. The highest BCUT2D eigenvalue weighted by Gasteiger charge is 2.20. The third-order valence-corrected chi connectivity index (χ3v) is 2.56. The van der Waals surface area contributed by atoms with Crippen LogP contribution >= 0.6 is 28.3 Å². The second-order valence-electron chi connectivity index (χ2n) is 2.75. The zero-order valence-corrected chi connectivity index (χ0v) is 10.3. The number of rotatable bonds is 3. The molecule has 1 aromatic carbocycles. The van der Waals surface area contributed by atoms with Crippen molar-refractivity contribution in [2.45, 2.75) is 12.5 Å². The maximum atomic E-state index is 12.3. The van der Waals surface area contributed by atoms with Crippen molar-refractivity contribution in [2.75, 3.05) is 7.11 Å². The molecule has 2 nitrogen and oxygen atoms in total. The molecule has 0 aromatic heterocycles. The molecule has 2 N–H and O–H groups in total. The van der Waals surface area contributed by atoms with Crippen LogP contribution < -0.4 is 10.5 Å². The Labute approximate surface area is 101 Å². The molecule has 0 bridgehead atoms. The number of halogens is 4. The molecule has 0 saturated carbocycles. The zero-order chi connectivity index (χ0) is 10.7. The van der Waals surface area contributed by atoms with Gasteiger partial charge in [0.05, 0.1) is 13.2 Å². The largest absolute Gasteiger partial charge is 0.497 e. The highest BCUT2D eigenvalue weighted by Crippen LogP contribution is 2.29. The fourth-order valence-corrected chi connectivity index (χ4v) is 1.55. The maximum Gasteiger partial charge on any atom is 0.257 e. The average Bonchev–Trinajstić information content (AvgIpc) is 2.17. The van der Waals surface area contributed by atoms with E-state index in [0.717, 1.165) is 0 Å². The predicted octanol–water partition coefficient (Wildman–Crippen LogP) is 3.14. The number of hydrogen-bond donors (Lipinski definition) is 1. The molecule has 86 valence electrons. The molecule has 0 fully saturated rings. The first-order valence-corrected chi connectivity index (χ1v) is 4.72. The van der Waals surface area contributed by atoms with Gasteiger partial charge in [-0.2, -0.15) is 0 Å². The highest BCUT2D eigenvalue weighted by molar-refractivity contribution is 9.10. The first-order valence-electron chi connectivity index (χ1n) is 3.93. The topological polar surface area (TPSA) is 35.2 Å². The lowest BCUT2D eigenvalue weighted by Crippen LogP contribution is -2.19. The van der Waals surface area contributed by atoms with Crippen molar-refractivity contribution in [2.24, 2.45) is 5.73 Å². The van der Waals surface area contributed by atoms with Gasteiger partial charge in [-0.15, -0.1) is 12.4 Å². The lowest BCUT2D eigenvalue weighted by Gasteiger charge is -2.13. The van der Waals surface area contributed by atoms with Crippen molar-refractivity contribution in [3.8, 4) is 5.75 Å². The van der Waals surface area contributed by atoms with E-state index in [1.807, 2.05) is 0 Å². The summed E-state index contributed by atoms with van der Waals surface area (Å²) in [5.74, 6) is 0.513. The second-order valence-corrected chi connectivity index (χ2v) is 3.60. The minimum atomic E-state index is -2.58. The molecule has 0 saturated heterocycles. The average molecular weight is 303 g/mol. The van der Waals surface area contributed by atoms with Gasteiger partial charge in [-0.3, -0.25) is 0 Å². The van der Waals surface area contributed by atoms with Gasteiger partial charge >= 0.3 is 0 Å². The van der Waals surface area contributed by atoms with Crippen molar-refractivity contribution in [3.05, 3.63) is 28.2 Å². The van der Waals surface area contributed by atoms with E-state index in [1.54, 1.807) is 12.1 Å². The van der Waals surface area contributed by atoms with Crippen molar-refractivity contribution in [3.63, 3.8) is 0 Å². The van der Waals surface area contributed by atoms with E-state index in [0.29, 0.717) is 15.8 Å². The predicted molar refractivity (Wildman–Crippen MR) is 60.9 cm³/mol. The number of methoxy groups -OCH3 is 1. The molecule has 1 rings (SSSR count). The van der Waals surface area contributed by atoms with Crippen LogP contribution in [0.1, 0.15) is 11.6 Å². The smallest absolute Gasteiger partial charge is 0.257 e. The van der Waals surface area contributed by atoms with Crippen LogP contribution in [0.25, 0.3) is 0 Å². The molecular weight excluding hydrogens is 291 g/mol. The van der Waals surface area contributed by atoms with Gasteiger partial charge in [-0.25, -0.2) is 8.78 Å². The molecule has 0 radical (unpaired) electrons. The van der Waals surface area contributed by atoms with Crippen molar-refractivity contribution in [1.29, 1.82) is 0 Å². The quantitative estimate of drug-likeness (QED) is 0.931. The molecule has 0 aliphatic heterocycles. The molecule has 0 spiro atoms. The van der Waals surface area contributed by atoms with Gasteiger partial charge in [0.2, 0.25) is 0 Å². The molecule has 0 amide bonds. The summed E-state index contributed by atoms with van der Waals surface area (Å²) in [6.07, 6.45) is -2.58. The van der Waals surface area contributed by atoms with E-state index in [9.17, 15) is 8.78 Å². The minimum Gasteiger partial charge on any atom is -0.497 e. The lowest BCUT2D eigenvalue weighted by molar-refractivity contribution is 0.116. The van der Waals surface area contributed by atoms with Gasteiger partial charge in [0, 0.05) is 4.47 Å². The Balaban J connectivity index is 0.00000196. The standard InChI is InChI=1S/C9H10BrF2NO.ClH/c1-14-5-2-3-7(10)6(4-5)8(13)9(11)12;/h2-4,8-9H,13H2,1H3;1H/t8-;/m1./s1. The summed E-state index contributed by atoms with van der Waals surface area (Å²) >= 11 is 3.16. The lowest BCUT2D eigenvalue weighted by atomic mass is 10.1. The Hall–Kier alpha value is -0.390. The molecule has 6 heteroatoms. The Kier molecular flexibility index (Phi) is 6.09. The van der Waals surface area contributed by atoms with E-state index in [1.165, 1.54) is 13.2 Å². The third kappa shape index (κ3) is 3.59. The second kappa shape index (κ2) is 6.25. The molecule has 1 atom stereocenters. The summed E-state index contributed by atoms with van der Waals surface area (Å²) in [4.78, 5) is 0. The summed E-state index contributed by atoms with van der Waals surface area (Å²) in [5, 5.41) is 0. The zero-order valence-electron chi connectivity index (χ0n) is 7.91. The van der Waals surface area contributed by atoms with Gasteiger partial charge in [-0.05, 0) is 23.8 Å². The van der Waals surface area contributed by atoms with Crippen molar-refractivity contribution in [1.82, 2.24) is 0 Å². The number of nitrogens with two attached hydrogens (primary N) is 1. The van der Waals surface area contributed by atoms with Gasteiger partial charge < -0.3 is 10.5 Å². The van der Waals surface area contributed by atoms with Gasteiger partial charge in [0.1, 0.15) is 5.75 Å². The molecule has 1 aromatic rings. The summed E-state index contributed by atoms with van der Waals surface area (Å²) in [6, 6.07) is 3.52. The van der Waals surface area contributed by atoms with Crippen molar-refractivity contribution < 1.29 is 13.5 Å². The van der Waals surface area contributed by atoms with Crippen molar-refractivity contribution >= 4 is 28.3 Å². The summed E-state index contributed by atoms with van der Waals surface area (Å²) < 4.78 is 30.2. The SMILES string of the molecule is COc1ccc(Br)c([C@@H](N)C(F)F)c1.Cl. The Morgan fingerprint density at radius 1 is 1.40 bits per heavy atom. The monoisotopic (exact) mass is 301 g/mol. The normalized spacial score (nSPS) is 12.1.